The molecule has 1 aromatic carbocycles. The van der Waals surface area contributed by atoms with E-state index in [2.05, 4.69) is 0 Å². The third-order valence-corrected chi connectivity index (χ3v) is 3.63. The zero-order valence-corrected chi connectivity index (χ0v) is 11.6. The fourth-order valence-electron chi connectivity index (χ4n) is 2.43. The molecule has 1 aromatic rings. The molecule has 0 aromatic heterocycles. The molecule has 0 bridgehead atoms. The minimum Gasteiger partial charge on any atom is -0.468 e. The highest BCUT2D eigenvalue weighted by Crippen LogP contribution is 2.45. The first-order valence-electron chi connectivity index (χ1n) is 6.45. The number of ether oxygens (including phenoxy) is 3. The maximum absolute atomic E-state index is 11.8. The molecule has 20 heavy (non-hydrogen) atoms. The van der Waals surface area contributed by atoms with Gasteiger partial charge in [-0.05, 0) is 5.56 Å². The smallest absolute Gasteiger partial charge is 0.323 e. The zero-order valence-electron chi connectivity index (χ0n) is 11.6. The number of carbonyl (C=O) groups excluding carboxylic acids is 2. The van der Waals surface area contributed by atoms with Gasteiger partial charge in [-0.3, -0.25) is 9.59 Å². The van der Waals surface area contributed by atoms with Crippen LogP contribution in [0.15, 0.2) is 30.3 Å². The number of carbonyl (C=O) groups is 2. The summed E-state index contributed by atoms with van der Waals surface area (Å²) in [6, 6.07) is 9.74. The summed E-state index contributed by atoms with van der Waals surface area (Å²) in [6.45, 7) is 0.462. The molecule has 0 amide bonds. The average Bonchev–Trinajstić information content (AvgIpc) is 2.46. The Morgan fingerprint density at radius 1 is 1.10 bits per heavy atom. The lowest BCUT2D eigenvalue weighted by Gasteiger charge is -2.42. The summed E-state index contributed by atoms with van der Waals surface area (Å²) in [7, 11) is 2.54. The first-order chi connectivity index (χ1) is 9.62. The van der Waals surface area contributed by atoms with Crippen LogP contribution < -0.4 is 0 Å². The molecule has 2 rings (SSSR count). The molecule has 5 heteroatoms. The second kappa shape index (κ2) is 6.05. The molecule has 0 spiro atoms. The maximum atomic E-state index is 11.8. The van der Waals surface area contributed by atoms with E-state index < -0.39 is 17.4 Å². The van der Waals surface area contributed by atoms with Crippen molar-refractivity contribution in [2.45, 2.75) is 25.6 Å². The van der Waals surface area contributed by atoms with Gasteiger partial charge in [-0.1, -0.05) is 30.3 Å². The summed E-state index contributed by atoms with van der Waals surface area (Å²) in [4.78, 5) is 23.5. The van der Waals surface area contributed by atoms with Gasteiger partial charge in [0.15, 0.2) is 5.41 Å². The monoisotopic (exact) mass is 278 g/mol. The van der Waals surface area contributed by atoms with E-state index in [1.165, 1.54) is 14.2 Å². The standard InChI is InChI=1S/C15H18O5/c1-18-13(16)15(14(17)19-2)8-12(9-15)20-10-11-6-4-3-5-7-11/h3-7,12H,8-10H2,1-2H3. The van der Waals surface area contributed by atoms with Gasteiger partial charge in [0.05, 0.1) is 26.9 Å². The van der Waals surface area contributed by atoms with Crippen LogP contribution in [0.2, 0.25) is 0 Å². The lowest BCUT2D eigenvalue weighted by molar-refractivity contribution is -0.189. The molecule has 0 atom stereocenters. The van der Waals surface area contributed by atoms with Gasteiger partial charge in [0.2, 0.25) is 0 Å². The zero-order chi connectivity index (χ0) is 14.6. The molecule has 0 heterocycles. The van der Waals surface area contributed by atoms with Gasteiger partial charge < -0.3 is 14.2 Å². The van der Waals surface area contributed by atoms with Crippen LogP contribution in [0.5, 0.6) is 0 Å². The predicted molar refractivity (Wildman–Crippen MR) is 70.7 cm³/mol. The maximum Gasteiger partial charge on any atom is 0.323 e. The summed E-state index contributed by atoms with van der Waals surface area (Å²) in [5, 5.41) is 0. The number of methoxy groups -OCH3 is 2. The summed E-state index contributed by atoms with van der Waals surface area (Å²) >= 11 is 0. The van der Waals surface area contributed by atoms with Gasteiger partial charge in [0.25, 0.3) is 0 Å². The van der Waals surface area contributed by atoms with Crippen LogP contribution in [0, 0.1) is 5.41 Å². The van der Waals surface area contributed by atoms with Gasteiger partial charge >= 0.3 is 11.9 Å². The van der Waals surface area contributed by atoms with Crippen LogP contribution in [0.3, 0.4) is 0 Å². The van der Waals surface area contributed by atoms with Crippen molar-refractivity contribution in [2.24, 2.45) is 5.41 Å². The van der Waals surface area contributed by atoms with Crippen molar-refractivity contribution in [3.8, 4) is 0 Å². The van der Waals surface area contributed by atoms with Crippen molar-refractivity contribution in [3.05, 3.63) is 35.9 Å². The largest absolute Gasteiger partial charge is 0.468 e. The summed E-state index contributed by atoms with van der Waals surface area (Å²) in [5.41, 5.74) is -0.133. The van der Waals surface area contributed by atoms with Gasteiger partial charge in [-0.15, -0.1) is 0 Å². The molecule has 1 aliphatic rings. The minimum atomic E-state index is -1.19. The van der Waals surface area contributed by atoms with Crippen LogP contribution >= 0.6 is 0 Å². The van der Waals surface area contributed by atoms with Crippen LogP contribution in [-0.2, 0) is 30.4 Å². The van der Waals surface area contributed by atoms with Crippen molar-refractivity contribution >= 4 is 11.9 Å². The Hall–Kier alpha value is -1.88. The molecule has 0 N–H and O–H groups in total. The van der Waals surface area contributed by atoms with Crippen LogP contribution in [0.4, 0.5) is 0 Å². The molecule has 108 valence electrons. The Morgan fingerprint density at radius 3 is 2.15 bits per heavy atom. The molecule has 0 aliphatic heterocycles. The van der Waals surface area contributed by atoms with E-state index in [9.17, 15) is 9.59 Å². The predicted octanol–water partition coefficient (Wildman–Crippen LogP) is 1.70. The van der Waals surface area contributed by atoms with Gasteiger partial charge in [0.1, 0.15) is 0 Å². The summed E-state index contributed by atoms with van der Waals surface area (Å²) < 4.78 is 15.1. The molecule has 0 saturated heterocycles. The second-order valence-electron chi connectivity index (χ2n) is 4.89. The highest BCUT2D eigenvalue weighted by Gasteiger charge is 2.58. The van der Waals surface area contributed by atoms with Crippen LogP contribution in [0.1, 0.15) is 18.4 Å². The average molecular weight is 278 g/mol. The number of benzene rings is 1. The summed E-state index contributed by atoms with van der Waals surface area (Å²) in [5.74, 6) is -1.10. The molecular weight excluding hydrogens is 260 g/mol. The van der Waals surface area contributed by atoms with Crippen molar-refractivity contribution in [3.63, 3.8) is 0 Å². The quantitative estimate of drug-likeness (QED) is 0.606. The number of esters is 2. The van der Waals surface area contributed by atoms with Crippen molar-refractivity contribution in [1.29, 1.82) is 0 Å². The van der Waals surface area contributed by atoms with Gasteiger partial charge in [-0.25, -0.2) is 0 Å². The van der Waals surface area contributed by atoms with E-state index in [1.54, 1.807) is 0 Å². The highest BCUT2D eigenvalue weighted by molar-refractivity contribution is 6.01. The first-order valence-corrected chi connectivity index (χ1v) is 6.45. The molecular formula is C15H18O5. The Morgan fingerprint density at radius 2 is 1.65 bits per heavy atom. The molecule has 1 saturated carbocycles. The van der Waals surface area contributed by atoms with E-state index in [-0.39, 0.29) is 6.10 Å². The fourth-order valence-corrected chi connectivity index (χ4v) is 2.43. The Labute approximate surface area is 117 Å². The third-order valence-electron chi connectivity index (χ3n) is 3.63. The lowest BCUT2D eigenvalue weighted by Crippen LogP contribution is -2.54. The Balaban J connectivity index is 1.90. The molecule has 5 nitrogen and oxygen atoms in total. The molecule has 0 unspecified atom stereocenters. The Bertz CT molecular complexity index is 458. The molecule has 1 aliphatic carbocycles. The van der Waals surface area contributed by atoms with E-state index in [1.807, 2.05) is 30.3 Å². The molecule has 1 fully saturated rings. The van der Waals surface area contributed by atoms with Crippen molar-refractivity contribution in [1.82, 2.24) is 0 Å². The number of rotatable bonds is 5. The summed E-state index contributed by atoms with van der Waals surface area (Å²) in [6.07, 6.45) is 0.478. The first kappa shape index (κ1) is 14.5. The SMILES string of the molecule is COC(=O)C1(C(=O)OC)CC(OCc2ccccc2)C1. The highest BCUT2D eigenvalue weighted by atomic mass is 16.5. The van der Waals surface area contributed by atoms with Crippen LogP contribution in [-0.4, -0.2) is 32.3 Å². The fraction of sp³-hybridized carbons (Fsp3) is 0.467. The van der Waals surface area contributed by atoms with Gasteiger partial charge in [-0.2, -0.15) is 0 Å². The topological polar surface area (TPSA) is 61.8 Å². The van der Waals surface area contributed by atoms with E-state index in [0.717, 1.165) is 5.56 Å². The van der Waals surface area contributed by atoms with Crippen molar-refractivity contribution < 1.29 is 23.8 Å². The minimum absolute atomic E-state index is 0.131. The van der Waals surface area contributed by atoms with Crippen LogP contribution in [0.25, 0.3) is 0 Å². The van der Waals surface area contributed by atoms with Gasteiger partial charge in [0, 0.05) is 12.8 Å². The third kappa shape index (κ3) is 2.67. The Kier molecular flexibility index (Phi) is 4.39. The molecule has 0 radical (unpaired) electrons. The second-order valence-corrected chi connectivity index (χ2v) is 4.89. The van der Waals surface area contributed by atoms with E-state index in [4.69, 9.17) is 14.2 Å². The van der Waals surface area contributed by atoms with E-state index >= 15 is 0 Å². The normalized spacial score (nSPS) is 17.1. The number of hydrogen-bond acceptors (Lipinski definition) is 5. The number of hydrogen-bond donors (Lipinski definition) is 0. The van der Waals surface area contributed by atoms with E-state index in [0.29, 0.717) is 19.4 Å². The lowest BCUT2D eigenvalue weighted by atomic mass is 9.66. The van der Waals surface area contributed by atoms with Crippen molar-refractivity contribution in [2.75, 3.05) is 14.2 Å².